The molecule has 139 heavy (non-hydrogen) atoms. The van der Waals surface area contributed by atoms with Crippen molar-refractivity contribution in [3.63, 3.8) is 0 Å². The number of aromatic hydroxyl groups is 2. The van der Waals surface area contributed by atoms with E-state index in [2.05, 4.69) is 456 Å². The minimum atomic E-state index is -0.0331. The first-order valence-electron chi connectivity index (χ1n) is 50.0. The molecule has 0 saturated heterocycles. The zero-order valence-electron chi connectivity index (χ0n) is 92.5. The summed E-state index contributed by atoms with van der Waals surface area (Å²) in [5.74, 6) is 3.74. The van der Waals surface area contributed by atoms with Gasteiger partial charge in [-0.05, 0) is 211 Å². The maximum absolute atomic E-state index is 10.0. The number of phenols is 1. The Kier molecular flexibility index (Phi) is 50.8. The van der Waals surface area contributed by atoms with E-state index in [-0.39, 0.29) is 62.8 Å². The van der Waals surface area contributed by atoms with E-state index in [0.717, 1.165) is 92.0 Å². The first-order valence-corrected chi connectivity index (χ1v) is 50.0. The predicted molar refractivity (Wildman–Crippen MR) is 594 cm³/mol. The molecule has 1 radical (unpaired) electrons. The van der Waals surface area contributed by atoms with Crippen LogP contribution in [0.4, 0.5) is 0 Å². The van der Waals surface area contributed by atoms with E-state index in [1.807, 2.05) is 62.6 Å². The summed E-state index contributed by atoms with van der Waals surface area (Å²) in [5, 5.41) is 23.3. The van der Waals surface area contributed by atoms with Crippen molar-refractivity contribution >= 4 is 21.7 Å². The van der Waals surface area contributed by atoms with Gasteiger partial charge in [0.05, 0.1) is 44.3 Å². The molecule has 9 nitrogen and oxygen atoms in total. The number of nitrogens with one attached hydrogen (secondary N) is 1. The van der Waals surface area contributed by atoms with Crippen LogP contribution in [0.3, 0.4) is 0 Å². The number of hydrogen-bond donors (Lipinski definition) is 3. The number of benzene rings is 8. The number of aromatic nitrogens is 3. The molecule has 1 aliphatic rings. The number of allylic oxidation sites excluding steroid dienone is 2. The number of methoxy groups -OCH3 is 1. The standard InChI is InChI=1S/C17H20.C15H18.C14H19NO.C14H22N.C13H19O.C13H20.C12H17NO2.C12H18.2C9H14O.CH4.Y/c1-17(2,3)16(14-10-6-4-7-11-14)15-12-8-5-9-13-15;1-15(2,3)11-13-9-6-8-12-7-4-5-10-14(12)13;1-14(2,3)8-10-9-15-13-6-5-11(16-4)7-12(10)13;1-13(8-9-14(2,3)4)12-15-10-6-5-7-11-15;1-10-9-11(5-6-12(10)14)7-8-13(2,3)4;1-11(13(2,3)4)10-12-8-6-5-7-9-12;1-7-10(14)9-8(5-13-7)6-15-11(9)12(2,3)4;1-10-5-7-11(8-6-10)9-12(2,3)4;1-9(2,3)6-8-4-5-10-7-8;1-9(2,3)7-8-5-4-6-10-8;;/h4-13,16H,1-3H3;4-10H,11H2,1-3H3;5-7,9,15H,8H2,1-4H3;5-8,10-11H,9,12H2,1-4H3;5,9,14H,7-8H2,1-4H3;5-9,11H,10H2,1-4H3;5,11,14H,6H2,1-4H3;5-8H,9H2,1-4H3;4-5,7H,6H2,1-3H3;4-6H,7H2,1-3H3;1H4;/q;;;+1;-1;;;;;;;/b;;;13-8+;;;;;;;;/t;;;;;11-;;;;;;/m.....1....../s1. The third-order valence-electron chi connectivity index (χ3n) is 23.2. The Morgan fingerprint density at radius 1 is 0.518 bits per heavy atom. The van der Waals surface area contributed by atoms with Crippen molar-refractivity contribution in [2.75, 3.05) is 7.11 Å². The topological polar surface area (TPSA) is 118 Å². The van der Waals surface area contributed by atoms with Gasteiger partial charge in [0.2, 0.25) is 0 Å². The first kappa shape index (κ1) is 124. The Bertz CT molecular complexity index is 5470. The van der Waals surface area contributed by atoms with Crippen molar-refractivity contribution in [1.82, 2.24) is 9.97 Å². The van der Waals surface area contributed by atoms with Gasteiger partial charge in [-0.25, -0.2) is 4.57 Å². The van der Waals surface area contributed by atoms with E-state index in [1.54, 1.807) is 25.8 Å². The van der Waals surface area contributed by atoms with Gasteiger partial charge in [0, 0.05) is 97.4 Å². The van der Waals surface area contributed by atoms with Crippen molar-refractivity contribution in [3.05, 3.63) is 364 Å². The number of fused-ring (bicyclic) bond motifs is 3. The molecule has 0 spiro atoms. The summed E-state index contributed by atoms with van der Waals surface area (Å²) in [4.78, 5) is 7.44. The summed E-state index contributed by atoms with van der Waals surface area (Å²) in [5.41, 5.74) is 21.7. The van der Waals surface area contributed by atoms with Crippen LogP contribution in [0.5, 0.6) is 17.2 Å². The van der Waals surface area contributed by atoms with Crippen molar-refractivity contribution in [2.24, 2.45) is 60.1 Å². The van der Waals surface area contributed by atoms with Gasteiger partial charge >= 0.3 is 0 Å². The number of pyridine rings is 2. The van der Waals surface area contributed by atoms with Crippen LogP contribution in [0.1, 0.15) is 332 Å². The molecule has 8 aromatic carbocycles. The maximum Gasteiger partial charge on any atom is 0.169 e. The molecule has 0 aliphatic carbocycles. The molecule has 2 atom stereocenters. The monoisotopic (exact) mass is 1960 g/mol. The molecule has 1 unspecified atom stereocenters. The van der Waals surface area contributed by atoms with Gasteiger partial charge in [-0.15, -0.1) is 11.6 Å². The molecule has 0 amide bonds. The Morgan fingerprint density at radius 2 is 1.04 bits per heavy atom. The van der Waals surface area contributed by atoms with Crippen molar-refractivity contribution in [2.45, 2.75) is 333 Å². The van der Waals surface area contributed by atoms with Crippen molar-refractivity contribution < 1.29 is 65.8 Å². The summed E-state index contributed by atoms with van der Waals surface area (Å²) in [6.45, 7) is 79.3. The molecular formula is C129H185N3O6Y. The summed E-state index contributed by atoms with van der Waals surface area (Å²) >= 11 is 0. The van der Waals surface area contributed by atoms with Crippen LogP contribution in [0, 0.1) is 86.9 Å². The zero-order chi connectivity index (χ0) is 103. The third-order valence-corrected chi connectivity index (χ3v) is 23.2. The molecule has 5 aromatic heterocycles. The van der Waals surface area contributed by atoms with Crippen LogP contribution < -0.4 is 9.30 Å². The molecule has 6 heterocycles. The molecule has 0 fully saturated rings. The van der Waals surface area contributed by atoms with Crippen LogP contribution in [0.15, 0.2) is 289 Å². The molecule has 13 aromatic rings. The molecule has 14 rings (SSSR count). The van der Waals surface area contributed by atoms with Gasteiger partial charge < -0.3 is 33.5 Å². The van der Waals surface area contributed by atoms with E-state index >= 15 is 0 Å². The Hall–Kier alpha value is -9.38. The molecule has 10 heteroatoms. The van der Waals surface area contributed by atoms with Gasteiger partial charge in [-0.3, -0.25) is 4.98 Å². The largest absolute Gasteiger partial charge is 0.534 e. The molecule has 0 saturated carbocycles. The van der Waals surface area contributed by atoms with Gasteiger partial charge in [-0.1, -0.05) is 417 Å². The van der Waals surface area contributed by atoms with E-state index in [1.165, 1.54) is 83.7 Å². The first-order chi connectivity index (χ1) is 63.5. The second-order valence-corrected chi connectivity index (χ2v) is 49.5. The fourth-order valence-corrected chi connectivity index (χ4v) is 15.7. The summed E-state index contributed by atoms with van der Waals surface area (Å²) in [7, 11) is 1.71. The summed E-state index contributed by atoms with van der Waals surface area (Å²) < 4.78 is 23.4. The van der Waals surface area contributed by atoms with Crippen LogP contribution in [-0.2, 0) is 95.5 Å². The van der Waals surface area contributed by atoms with Crippen LogP contribution >= 0.6 is 0 Å². The zero-order valence-corrected chi connectivity index (χ0v) is 95.3. The smallest absolute Gasteiger partial charge is 0.169 e. The van der Waals surface area contributed by atoms with Crippen LogP contribution in [-0.4, -0.2) is 27.3 Å². The SMILES string of the molecule is C.C/C(=C\CC(C)(C)C)C[n+]1ccccc1.CC(C)(C)C(c1ccccc1)c1ccccc1.CC(C)(C)Cc1cccc2ccccc12.CC(C)(C)Cc1ccco1.CC(C)(C)Cc1ccoc1.COc1ccc2[nH]cc(CC(C)(C)C)c2c1.C[C@H](Cc1ccccc1)C(C)(C)C.Cc1cc(CCC(C)(C)C)c[c-]c1O.Cc1ccc(CC(C)(C)C)cc1.Cc1ncc2c(c1O)C(C(C)(C)C)OC2.[Y]. The van der Waals surface area contributed by atoms with Crippen molar-refractivity contribution in [1.29, 1.82) is 0 Å². The Morgan fingerprint density at radius 3 is 1.53 bits per heavy atom. The minimum absolute atomic E-state index is 0. The third kappa shape index (κ3) is 50.7. The summed E-state index contributed by atoms with van der Waals surface area (Å²) in [6.07, 6.45) is 25.7. The van der Waals surface area contributed by atoms with E-state index < -0.39 is 0 Å². The van der Waals surface area contributed by atoms with E-state index in [4.69, 9.17) is 18.3 Å². The number of phenolic OH excluding ortho intramolecular Hbond substituents is 1. The number of aryl methyl sites for hydroxylation is 4. The second-order valence-electron chi connectivity index (χ2n) is 49.5. The number of ether oxygens (including phenoxy) is 2. The normalized spacial score (nSPS) is 12.9. The van der Waals surface area contributed by atoms with Crippen LogP contribution in [0.25, 0.3) is 21.7 Å². The molecule has 0 bridgehead atoms. The molecule has 755 valence electrons. The number of furan rings is 2. The number of hydrogen-bond acceptors (Lipinski definition) is 7. The maximum atomic E-state index is 10.0. The second kappa shape index (κ2) is 57.1. The van der Waals surface area contributed by atoms with E-state index in [0.29, 0.717) is 67.3 Å². The minimum Gasteiger partial charge on any atom is -0.534 e. The number of nitrogens with zero attached hydrogens (tertiary/aromatic N) is 2. The number of rotatable bonds is 15. The van der Waals surface area contributed by atoms with Gasteiger partial charge in [0.15, 0.2) is 18.9 Å². The summed E-state index contributed by atoms with van der Waals surface area (Å²) in [6, 6.07) is 81.4. The quantitative estimate of drug-likeness (QED) is 0.0532. The predicted octanol–water partition coefficient (Wildman–Crippen LogP) is 36.5. The van der Waals surface area contributed by atoms with Gasteiger partial charge in [-0.2, -0.15) is 17.7 Å². The fourth-order valence-electron chi connectivity index (χ4n) is 15.7. The Labute approximate surface area is 871 Å². The molecule has 1 aliphatic heterocycles. The van der Waals surface area contributed by atoms with E-state index in [9.17, 15) is 10.2 Å². The molecular weight excluding hydrogens is 1780 g/mol. The van der Waals surface area contributed by atoms with Crippen LogP contribution in [0.2, 0.25) is 0 Å². The van der Waals surface area contributed by atoms with Gasteiger partial charge in [0.25, 0.3) is 0 Å². The number of aromatic amines is 1. The molecule has 3 N–H and O–H groups in total. The number of H-pyrrole nitrogens is 1. The average molecular weight is 1960 g/mol. The average Bonchev–Trinajstić information content (AvgIpc) is 1.62. The van der Waals surface area contributed by atoms with Crippen molar-refractivity contribution in [3.8, 4) is 17.2 Å². The Balaban J connectivity index is 0.000000398. The fraction of sp³-hybridized carbons (Fsp3) is 0.473. The van der Waals surface area contributed by atoms with Gasteiger partial charge in [0.1, 0.15) is 17.3 Å².